The zero-order valence-corrected chi connectivity index (χ0v) is 6.15. The van der Waals surface area contributed by atoms with E-state index in [9.17, 15) is 0 Å². The Hall–Kier alpha value is -1.42. The Morgan fingerprint density at radius 2 is 2.45 bits per heavy atom. The zero-order valence-electron chi connectivity index (χ0n) is 6.15. The van der Waals surface area contributed by atoms with Crippen molar-refractivity contribution >= 4 is 5.84 Å². The Balaban J connectivity index is 2.92. The van der Waals surface area contributed by atoms with Gasteiger partial charge in [0.2, 0.25) is 0 Å². The molecule has 1 aromatic rings. The highest BCUT2D eigenvalue weighted by atomic mass is 16.5. The Morgan fingerprint density at radius 1 is 1.64 bits per heavy atom. The number of aliphatic imine (C=N–C) groups is 1. The van der Waals surface area contributed by atoms with E-state index in [-0.39, 0.29) is 0 Å². The summed E-state index contributed by atoms with van der Waals surface area (Å²) < 4.78 is 0. The van der Waals surface area contributed by atoms with E-state index in [1.807, 2.05) is 11.5 Å². The molecule has 2 N–H and O–H groups in total. The van der Waals surface area contributed by atoms with Crippen molar-refractivity contribution in [2.45, 2.75) is 0 Å². The van der Waals surface area contributed by atoms with E-state index in [2.05, 4.69) is 9.98 Å². The van der Waals surface area contributed by atoms with E-state index in [0.717, 1.165) is 0 Å². The minimum absolute atomic E-state index is 0.366. The third kappa shape index (κ3) is 1.75. The summed E-state index contributed by atoms with van der Waals surface area (Å²) in [6, 6.07) is 5.38. The molecule has 0 saturated heterocycles. The van der Waals surface area contributed by atoms with Gasteiger partial charge in [-0.1, -0.05) is 6.07 Å². The van der Waals surface area contributed by atoms with Gasteiger partial charge in [0, 0.05) is 13.2 Å². The van der Waals surface area contributed by atoms with Crippen LogP contribution in [0.15, 0.2) is 29.4 Å². The maximum absolute atomic E-state index is 8.56. The Kier molecular flexibility index (Phi) is 2.57. The Morgan fingerprint density at radius 3 is 2.91 bits per heavy atom. The zero-order chi connectivity index (χ0) is 8.10. The lowest BCUT2D eigenvalue weighted by atomic mass is 10.3. The molecule has 0 fully saturated rings. The predicted octanol–water partition coefficient (Wildman–Crippen LogP) is 0.437. The monoisotopic (exact) mass is 151 g/mol. The minimum atomic E-state index is 0.366. The molecule has 0 unspecified atom stereocenters. The van der Waals surface area contributed by atoms with Crippen molar-refractivity contribution in [1.29, 1.82) is 0 Å². The number of pyridine rings is 1. The summed E-state index contributed by atoms with van der Waals surface area (Å²) in [7, 11) is 1.58. The summed E-state index contributed by atoms with van der Waals surface area (Å²) in [5.41, 5.74) is 2.58. The van der Waals surface area contributed by atoms with Crippen molar-refractivity contribution in [1.82, 2.24) is 10.5 Å². The van der Waals surface area contributed by atoms with E-state index in [1.165, 1.54) is 0 Å². The van der Waals surface area contributed by atoms with Crippen LogP contribution in [0.5, 0.6) is 0 Å². The maximum Gasteiger partial charge on any atom is 0.170 e. The summed E-state index contributed by atoms with van der Waals surface area (Å²) in [4.78, 5) is 7.74. The predicted molar refractivity (Wildman–Crippen MR) is 41.6 cm³/mol. The van der Waals surface area contributed by atoms with Crippen molar-refractivity contribution in [3.05, 3.63) is 30.1 Å². The van der Waals surface area contributed by atoms with E-state index < -0.39 is 0 Å². The number of hydrogen-bond acceptors (Lipinski definition) is 3. The summed E-state index contributed by atoms with van der Waals surface area (Å²) in [5, 5.41) is 8.56. The molecular formula is C7H9N3O. The van der Waals surface area contributed by atoms with E-state index in [4.69, 9.17) is 5.21 Å². The topological polar surface area (TPSA) is 57.5 Å². The van der Waals surface area contributed by atoms with Gasteiger partial charge in [0.15, 0.2) is 5.84 Å². The lowest BCUT2D eigenvalue weighted by Gasteiger charge is -2.00. The van der Waals surface area contributed by atoms with Gasteiger partial charge in [0.1, 0.15) is 5.69 Å². The SMILES string of the molecule is CN=C(NO)c1ccccn1. The molecule has 11 heavy (non-hydrogen) atoms. The van der Waals surface area contributed by atoms with E-state index in [0.29, 0.717) is 11.5 Å². The summed E-state index contributed by atoms with van der Waals surface area (Å²) in [6.45, 7) is 0. The maximum atomic E-state index is 8.56. The highest BCUT2D eigenvalue weighted by Gasteiger charge is 1.98. The number of hydroxylamine groups is 1. The second kappa shape index (κ2) is 3.68. The average molecular weight is 151 g/mol. The second-order valence-electron chi connectivity index (χ2n) is 1.90. The van der Waals surface area contributed by atoms with Gasteiger partial charge in [-0.3, -0.25) is 20.7 Å². The average Bonchev–Trinajstić information content (AvgIpc) is 2.09. The third-order valence-corrected chi connectivity index (χ3v) is 1.24. The van der Waals surface area contributed by atoms with Gasteiger partial charge in [0.05, 0.1) is 0 Å². The van der Waals surface area contributed by atoms with Gasteiger partial charge < -0.3 is 0 Å². The number of rotatable bonds is 1. The van der Waals surface area contributed by atoms with Gasteiger partial charge >= 0.3 is 0 Å². The minimum Gasteiger partial charge on any atom is -0.290 e. The van der Waals surface area contributed by atoms with Crippen LogP contribution in [0.2, 0.25) is 0 Å². The molecule has 0 saturated carbocycles. The summed E-state index contributed by atoms with van der Waals surface area (Å²) >= 11 is 0. The van der Waals surface area contributed by atoms with Gasteiger partial charge in [-0.15, -0.1) is 0 Å². The molecular weight excluding hydrogens is 142 g/mol. The van der Waals surface area contributed by atoms with Crippen molar-refractivity contribution < 1.29 is 5.21 Å². The van der Waals surface area contributed by atoms with Crippen LogP contribution in [0.25, 0.3) is 0 Å². The van der Waals surface area contributed by atoms with E-state index in [1.54, 1.807) is 25.4 Å². The van der Waals surface area contributed by atoms with Gasteiger partial charge in [0.25, 0.3) is 0 Å². The van der Waals surface area contributed by atoms with Crippen LogP contribution >= 0.6 is 0 Å². The normalized spacial score (nSPS) is 11.3. The Labute approximate surface area is 64.6 Å². The molecule has 4 nitrogen and oxygen atoms in total. The molecule has 0 aromatic carbocycles. The molecule has 4 heteroatoms. The van der Waals surface area contributed by atoms with Crippen LogP contribution < -0.4 is 5.48 Å². The van der Waals surface area contributed by atoms with E-state index >= 15 is 0 Å². The van der Waals surface area contributed by atoms with Crippen LogP contribution in [0, 0.1) is 0 Å². The third-order valence-electron chi connectivity index (χ3n) is 1.24. The standard InChI is InChI=1S/C7H9N3O/c1-8-7(10-11)6-4-2-3-5-9-6/h2-5,11H,1H3,(H,8,10). The fourth-order valence-electron chi connectivity index (χ4n) is 0.725. The van der Waals surface area contributed by atoms with Crippen LogP contribution in [-0.4, -0.2) is 23.1 Å². The number of nitrogens with one attached hydrogen (secondary N) is 1. The van der Waals surface area contributed by atoms with Crippen LogP contribution in [-0.2, 0) is 0 Å². The van der Waals surface area contributed by atoms with Crippen LogP contribution in [0.3, 0.4) is 0 Å². The van der Waals surface area contributed by atoms with Gasteiger partial charge in [-0.2, -0.15) is 0 Å². The summed E-state index contributed by atoms with van der Waals surface area (Å²) in [5.74, 6) is 0.366. The molecule has 0 radical (unpaired) electrons. The van der Waals surface area contributed by atoms with Crippen LogP contribution in [0.1, 0.15) is 5.69 Å². The highest BCUT2D eigenvalue weighted by molar-refractivity contribution is 5.95. The molecule has 0 bridgehead atoms. The molecule has 1 rings (SSSR count). The van der Waals surface area contributed by atoms with Gasteiger partial charge in [-0.05, 0) is 12.1 Å². The molecule has 0 aliphatic rings. The number of hydrogen-bond donors (Lipinski definition) is 2. The molecule has 0 amide bonds. The van der Waals surface area contributed by atoms with Crippen molar-refractivity contribution in [2.75, 3.05) is 7.05 Å². The lowest BCUT2D eigenvalue weighted by Crippen LogP contribution is -2.21. The first kappa shape index (κ1) is 7.68. The fraction of sp³-hybridized carbons (Fsp3) is 0.143. The first-order valence-corrected chi connectivity index (χ1v) is 3.16. The fourth-order valence-corrected chi connectivity index (χ4v) is 0.725. The van der Waals surface area contributed by atoms with Crippen LogP contribution in [0.4, 0.5) is 0 Å². The molecule has 0 aliphatic carbocycles. The molecule has 0 aliphatic heterocycles. The van der Waals surface area contributed by atoms with Crippen molar-refractivity contribution in [3.63, 3.8) is 0 Å². The summed E-state index contributed by atoms with van der Waals surface area (Å²) in [6.07, 6.45) is 1.64. The van der Waals surface area contributed by atoms with Crippen molar-refractivity contribution in [2.24, 2.45) is 4.99 Å². The molecule has 0 atom stereocenters. The molecule has 1 heterocycles. The molecule has 58 valence electrons. The first-order valence-electron chi connectivity index (χ1n) is 3.16. The number of amidine groups is 1. The molecule has 0 spiro atoms. The second-order valence-corrected chi connectivity index (χ2v) is 1.90. The number of aromatic nitrogens is 1. The highest BCUT2D eigenvalue weighted by Crippen LogP contribution is 1.92. The Bertz CT molecular complexity index is 245. The smallest absolute Gasteiger partial charge is 0.170 e. The number of nitrogens with zero attached hydrogens (tertiary/aromatic N) is 2. The first-order chi connectivity index (χ1) is 5.38. The largest absolute Gasteiger partial charge is 0.290 e. The van der Waals surface area contributed by atoms with Crippen molar-refractivity contribution in [3.8, 4) is 0 Å². The quantitative estimate of drug-likeness (QED) is 0.348. The van der Waals surface area contributed by atoms with Gasteiger partial charge in [-0.25, -0.2) is 0 Å². The lowest BCUT2D eigenvalue weighted by molar-refractivity contribution is 0.234. The molecule has 1 aromatic heterocycles.